The second-order valence-corrected chi connectivity index (χ2v) is 6.81. The van der Waals surface area contributed by atoms with Crippen molar-refractivity contribution < 1.29 is 14.4 Å². The normalized spacial score (nSPS) is 13.5. The van der Waals surface area contributed by atoms with Gasteiger partial charge in [-0.2, -0.15) is 0 Å². The monoisotopic (exact) mass is 411 g/mol. The molecule has 1 saturated heterocycles. The van der Waals surface area contributed by atoms with Gasteiger partial charge in [0.2, 0.25) is 17.8 Å². The van der Waals surface area contributed by atoms with Gasteiger partial charge in [0.1, 0.15) is 0 Å². The number of benzene rings is 1. The van der Waals surface area contributed by atoms with E-state index in [-0.39, 0.29) is 24.8 Å². The molecular weight excluding hydrogens is 386 g/mol. The number of hydrogen-bond acceptors (Lipinski definition) is 6. The first kappa shape index (κ1) is 21.0. The van der Waals surface area contributed by atoms with Gasteiger partial charge in [-0.05, 0) is 24.3 Å². The highest BCUT2D eigenvalue weighted by Gasteiger charge is 2.22. The number of nitrogens with zero attached hydrogens (tertiary/aromatic N) is 4. The molecule has 1 aliphatic rings. The van der Waals surface area contributed by atoms with E-state index in [2.05, 4.69) is 25.9 Å². The lowest BCUT2D eigenvalue weighted by Gasteiger charge is -2.34. The molecule has 2 aromatic rings. The lowest BCUT2D eigenvalue weighted by atomic mass is 10.2. The van der Waals surface area contributed by atoms with Crippen LogP contribution in [0.2, 0.25) is 0 Å². The molecular formula is C20H25N7O3. The molecule has 1 aromatic heterocycles. The predicted molar refractivity (Wildman–Crippen MR) is 113 cm³/mol. The van der Waals surface area contributed by atoms with E-state index >= 15 is 0 Å². The van der Waals surface area contributed by atoms with Gasteiger partial charge in [-0.3, -0.25) is 9.59 Å². The summed E-state index contributed by atoms with van der Waals surface area (Å²) in [5, 5.41) is 8.02. The van der Waals surface area contributed by atoms with E-state index in [0.29, 0.717) is 43.5 Å². The molecule has 1 aliphatic heterocycles. The van der Waals surface area contributed by atoms with E-state index in [4.69, 9.17) is 0 Å². The SMILES string of the molecule is CC(=O)Nc1cccc(NC(=O)NCCC(=O)N2CCN(c3ncccn3)CC2)c1. The summed E-state index contributed by atoms with van der Waals surface area (Å²) < 4.78 is 0. The van der Waals surface area contributed by atoms with Gasteiger partial charge in [-0.25, -0.2) is 14.8 Å². The zero-order chi connectivity index (χ0) is 21.3. The standard InChI is InChI=1S/C20H25N7O3/c1-15(28)24-16-4-2-5-17(14-16)25-20(30)23-9-6-18(29)26-10-12-27(13-11-26)19-21-7-3-8-22-19/h2-5,7-8,14H,6,9-13H2,1H3,(H,24,28)(H2,23,25,30). The summed E-state index contributed by atoms with van der Waals surface area (Å²) in [6.45, 7) is 4.19. The van der Waals surface area contributed by atoms with E-state index in [1.165, 1.54) is 6.92 Å². The van der Waals surface area contributed by atoms with E-state index in [1.54, 1.807) is 47.6 Å². The Kier molecular flexibility index (Phi) is 7.14. The Bertz CT molecular complexity index is 883. The number of rotatable bonds is 6. The number of hydrogen-bond donors (Lipinski definition) is 3. The van der Waals surface area contributed by atoms with Gasteiger partial charge in [0.25, 0.3) is 0 Å². The van der Waals surface area contributed by atoms with Crippen LogP contribution in [0.3, 0.4) is 0 Å². The number of anilines is 3. The maximum Gasteiger partial charge on any atom is 0.319 e. The summed E-state index contributed by atoms with van der Waals surface area (Å²) in [7, 11) is 0. The van der Waals surface area contributed by atoms with Gasteiger partial charge in [-0.1, -0.05) is 6.07 Å². The van der Waals surface area contributed by atoms with Crippen LogP contribution in [-0.2, 0) is 9.59 Å². The Hall–Kier alpha value is -3.69. The summed E-state index contributed by atoms with van der Waals surface area (Å²) in [5.74, 6) is 0.481. The molecule has 3 N–H and O–H groups in total. The number of nitrogens with one attached hydrogen (secondary N) is 3. The third-order valence-corrected chi connectivity index (χ3v) is 4.53. The zero-order valence-corrected chi connectivity index (χ0v) is 16.8. The van der Waals surface area contributed by atoms with Crippen LogP contribution >= 0.6 is 0 Å². The first-order valence-electron chi connectivity index (χ1n) is 9.73. The Morgan fingerprint density at radius 1 is 0.967 bits per heavy atom. The topological polar surface area (TPSA) is 120 Å². The number of aromatic nitrogens is 2. The average Bonchev–Trinajstić information content (AvgIpc) is 2.74. The second kappa shape index (κ2) is 10.2. The molecule has 158 valence electrons. The highest BCUT2D eigenvalue weighted by atomic mass is 16.2. The average molecular weight is 411 g/mol. The summed E-state index contributed by atoms with van der Waals surface area (Å²) in [6.07, 6.45) is 3.63. The van der Waals surface area contributed by atoms with E-state index in [1.807, 2.05) is 4.90 Å². The largest absolute Gasteiger partial charge is 0.339 e. The molecule has 0 atom stereocenters. The molecule has 1 aromatic carbocycles. The highest BCUT2D eigenvalue weighted by molar-refractivity contribution is 5.92. The molecule has 0 unspecified atom stereocenters. The van der Waals surface area contributed by atoms with Crippen molar-refractivity contribution >= 4 is 35.2 Å². The van der Waals surface area contributed by atoms with E-state index < -0.39 is 6.03 Å². The van der Waals surface area contributed by atoms with Gasteiger partial charge >= 0.3 is 6.03 Å². The fourth-order valence-electron chi connectivity index (χ4n) is 3.10. The molecule has 0 saturated carbocycles. The molecule has 10 nitrogen and oxygen atoms in total. The number of urea groups is 1. The first-order valence-corrected chi connectivity index (χ1v) is 9.73. The predicted octanol–water partition coefficient (Wildman–Crippen LogP) is 1.30. The molecule has 10 heteroatoms. The van der Waals surface area contributed by atoms with Gasteiger partial charge in [0, 0.05) is 69.8 Å². The first-order chi connectivity index (χ1) is 14.5. The number of carbonyl (C=O) groups excluding carboxylic acids is 3. The van der Waals surface area contributed by atoms with Gasteiger partial charge in [0.05, 0.1) is 0 Å². The maximum atomic E-state index is 12.4. The van der Waals surface area contributed by atoms with Crippen molar-refractivity contribution in [3.63, 3.8) is 0 Å². The van der Waals surface area contributed by atoms with Crippen LogP contribution < -0.4 is 20.9 Å². The maximum absolute atomic E-state index is 12.4. The molecule has 1 fully saturated rings. The second-order valence-electron chi connectivity index (χ2n) is 6.81. The minimum Gasteiger partial charge on any atom is -0.339 e. The minimum atomic E-state index is -0.408. The van der Waals surface area contributed by atoms with Gasteiger partial charge < -0.3 is 25.8 Å². The van der Waals surface area contributed by atoms with Crippen LogP contribution in [0.1, 0.15) is 13.3 Å². The Balaban J connectivity index is 1.37. The Labute approximate surface area is 174 Å². The summed E-state index contributed by atoms with van der Waals surface area (Å²) in [4.78, 5) is 47.9. The Morgan fingerprint density at radius 3 is 2.30 bits per heavy atom. The Morgan fingerprint density at radius 2 is 1.63 bits per heavy atom. The highest BCUT2D eigenvalue weighted by Crippen LogP contribution is 2.15. The van der Waals surface area contributed by atoms with Crippen molar-refractivity contribution in [1.29, 1.82) is 0 Å². The van der Waals surface area contributed by atoms with E-state index in [9.17, 15) is 14.4 Å². The van der Waals surface area contributed by atoms with Crippen LogP contribution in [0.25, 0.3) is 0 Å². The van der Waals surface area contributed by atoms with Crippen molar-refractivity contribution in [3.05, 3.63) is 42.7 Å². The van der Waals surface area contributed by atoms with Crippen molar-refractivity contribution in [2.45, 2.75) is 13.3 Å². The molecule has 2 heterocycles. The zero-order valence-electron chi connectivity index (χ0n) is 16.8. The molecule has 0 spiro atoms. The van der Waals surface area contributed by atoms with Crippen molar-refractivity contribution in [1.82, 2.24) is 20.2 Å². The summed E-state index contributed by atoms with van der Waals surface area (Å²) >= 11 is 0. The molecule has 0 aliphatic carbocycles. The van der Waals surface area contributed by atoms with Crippen LogP contribution in [-0.4, -0.2) is 65.4 Å². The van der Waals surface area contributed by atoms with Gasteiger partial charge in [-0.15, -0.1) is 0 Å². The van der Waals surface area contributed by atoms with Crippen molar-refractivity contribution in [2.75, 3.05) is 48.3 Å². The quantitative estimate of drug-likeness (QED) is 0.659. The van der Waals surface area contributed by atoms with Crippen molar-refractivity contribution in [3.8, 4) is 0 Å². The fraction of sp³-hybridized carbons (Fsp3) is 0.350. The summed E-state index contributed by atoms with van der Waals surface area (Å²) in [5.41, 5.74) is 1.14. The number of amides is 4. The van der Waals surface area contributed by atoms with Crippen LogP contribution in [0.5, 0.6) is 0 Å². The van der Waals surface area contributed by atoms with Crippen LogP contribution in [0.4, 0.5) is 22.1 Å². The molecule has 0 bridgehead atoms. The lowest BCUT2D eigenvalue weighted by Crippen LogP contribution is -2.49. The van der Waals surface area contributed by atoms with E-state index in [0.717, 1.165) is 0 Å². The number of carbonyl (C=O) groups is 3. The molecule has 3 rings (SSSR count). The molecule has 0 radical (unpaired) electrons. The minimum absolute atomic E-state index is 0.00316. The third-order valence-electron chi connectivity index (χ3n) is 4.53. The third kappa shape index (κ3) is 6.16. The van der Waals surface area contributed by atoms with Crippen LogP contribution in [0.15, 0.2) is 42.7 Å². The number of piperazine rings is 1. The molecule has 30 heavy (non-hydrogen) atoms. The smallest absolute Gasteiger partial charge is 0.319 e. The fourth-order valence-corrected chi connectivity index (χ4v) is 3.10. The summed E-state index contributed by atoms with van der Waals surface area (Å²) in [6, 6.07) is 8.19. The van der Waals surface area contributed by atoms with Gasteiger partial charge in [0.15, 0.2) is 0 Å². The van der Waals surface area contributed by atoms with Crippen LogP contribution in [0, 0.1) is 0 Å². The molecule has 4 amide bonds. The van der Waals surface area contributed by atoms with Crippen molar-refractivity contribution in [2.24, 2.45) is 0 Å². The lowest BCUT2D eigenvalue weighted by molar-refractivity contribution is -0.131.